The highest BCUT2D eigenvalue weighted by Crippen LogP contribution is 2.10. The zero-order valence-electron chi connectivity index (χ0n) is 9.57. The minimum Gasteiger partial charge on any atom is -0.364 e. The largest absolute Gasteiger partial charge is 0.364 e. The van der Waals surface area contributed by atoms with Crippen molar-refractivity contribution in [1.82, 2.24) is 4.90 Å². The van der Waals surface area contributed by atoms with Gasteiger partial charge in [-0.05, 0) is 24.3 Å². The minimum absolute atomic E-state index is 0.161. The first-order chi connectivity index (χ1) is 7.99. The topological polar surface area (TPSA) is 32.3 Å². The van der Waals surface area contributed by atoms with Crippen LogP contribution >= 0.6 is 24.0 Å². The molecule has 0 radical (unpaired) electrons. The lowest BCUT2D eigenvalue weighted by molar-refractivity contribution is -0.113. The molecule has 1 rings (SSSR count). The van der Waals surface area contributed by atoms with Crippen LogP contribution in [-0.4, -0.2) is 35.0 Å². The normalized spacial score (nSPS) is 9.82. The van der Waals surface area contributed by atoms with Crippen LogP contribution in [0.5, 0.6) is 0 Å². The molecule has 1 amide bonds. The Balaban J connectivity index is 2.40. The van der Waals surface area contributed by atoms with Crippen LogP contribution in [0.2, 0.25) is 0 Å². The molecule has 0 fully saturated rings. The number of thiocarbonyl (C=S) groups is 1. The molecule has 0 heterocycles. The van der Waals surface area contributed by atoms with Crippen LogP contribution in [-0.2, 0) is 4.79 Å². The maximum Gasteiger partial charge on any atom is 0.234 e. The van der Waals surface area contributed by atoms with Crippen LogP contribution in [0.1, 0.15) is 0 Å². The number of anilines is 1. The average molecular weight is 272 g/mol. The Bertz CT molecular complexity index is 406. The van der Waals surface area contributed by atoms with Gasteiger partial charge in [0.05, 0.1) is 5.75 Å². The molecule has 6 heteroatoms. The third-order valence-electron chi connectivity index (χ3n) is 1.82. The lowest BCUT2D eigenvalue weighted by atomic mass is 10.3. The summed E-state index contributed by atoms with van der Waals surface area (Å²) in [5, 5.41) is 2.66. The average Bonchev–Trinajstić information content (AvgIpc) is 2.29. The summed E-state index contributed by atoms with van der Waals surface area (Å²) in [6.07, 6.45) is 0. The second-order valence-electron chi connectivity index (χ2n) is 3.50. The summed E-state index contributed by atoms with van der Waals surface area (Å²) in [5.74, 6) is -0.244. The highest BCUT2D eigenvalue weighted by molar-refractivity contribution is 8.23. The van der Waals surface area contributed by atoms with E-state index < -0.39 is 0 Å². The Labute approximate surface area is 109 Å². The van der Waals surface area contributed by atoms with Gasteiger partial charge in [-0.25, -0.2) is 4.39 Å². The number of hydrogen-bond acceptors (Lipinski definition) is 3. The van der Waals surface area contributed by atoms with Crippen molar-refractivity contribution in [3.05, 3.63) is 30.1 Å². The summed E-state index contributed by atoms with van der Waals surface area (Å²) in [7, 11) is 3.65. The van der Waals surface area contributed by atoms with Gasteiger partial charge in [-0.1, -0.05) is 24.0 Å². The van der Waals surface area contributed by atoms with E-state index in [9.17, 15) is 9.18 Å². The van der Waals surface area contributed by atoms with E-state index in [1.54, 1.807) is 4.90 Å². The van der Waals surface area contributed by atoms with Crippen molar-refractivity contribution in [2.24, 2.45) is 0 Å². The summed E-state index contributed by atoms with van der Waals surface area (Å²) in [6, 6.07) is 5.63. The molecule has 17 heavy (non-hydrogen) atoms. The van der Waals surface area contributed by atoms with E-state index in [2.05, 4.69) is 5.32 Å². The lowest BCUT2D eigenvalue weighted by Crippen LogP contribution is -2.20. The van der Waals surface area contributed by atoms with Crippen LogP contribution in [0.4, 0.5) is 10.1 Å². The van der Waals surface area contributed by atoms with Crippen molar-refractivity contribution >= 4 is 39.9 Å². The Morgan fingerprint density at radius 2 is 2.00 bits per heavy atom. The standard InChI is InChI=1S/C11H13FN2OS2/c1-14(2)11(16)17-7-10(15)13-9-5-3-8(12)4-6-9/h3-6H,7H2,1-2H3,(H,13,15). The molecule has 0 aliphatic carbocycles. The first-order valence-electron chi connectivity index (χ1n) is 4.88. The number of nitrogens with one attached hydrogen (secondary N) is 1. The second-order valence-corrected chi connectivity index (χ2v) is 5.11. The molecule has 0 aromatic heterocycles. The van der Waals surface area contributed by atoms with Gasteiger partial charge >= 0.3 is 0 Å². The quantitative estimate of drug-likeness (QED) is 0.856. The highest BCUT2D eigenvalue weighted by atomic mass is 32.2. The molecule has 0 bridgehead atoms. The zero-order chi connectivity index (χ0) is 12.8. The van der Waals surface area contributed by atoms with Gasteiger partial charge in [-0.15, -0.1) is 0 Å². The van der Waals surface area contributed by atoms with Crippen LogP contribution < -0.4 is 5.32 Å². The van der Waals surface area contributed by atoms with Crippen molar-refractivity contribution in [2.75, 3.05) is 25.2 Å². The van der Waals surface area contributed by atoms with E-state index in [1.807, 2.05) is 14.1 Å². The molecule has 0 spiro atoms. The predicted molar refractivity (Wildman–Crippen MR) is 73.8 cm³/mol. The maximum atomic E-state index is 12.6. The van der Waals surface area contributed by atoms with Gasteiger partial charge in [0, 0.05) is 19.8 Å². The van der Waals surface area contributed by atoms with Crippen LogP contribution in [0.3, 0.4) is 0 Å². The first-order valence-corrected chi connectivity index (χ1v) is 6.28. The molecular weight excluding hydrogens is 259 g/mol. The van der Waals surface area contributed by atoms with E-state index in [-0.39, 0.29) is 17.5 Å². The summed E-state index contributed by atoms with van der Waals surface area (Å²) < 4.78 is 13.3. The van der Waals surface area contributed by atoms with E-state index >= 15 is 0 Å². The molecular formula is C11H13FN2OS2. The maximum absolute atomic E-state index is 12.6. The lowest BCUT2D eigenvalue weighted by Gasteiger charge is -2.12. The summed E-state index contributed by atoms with van der Waals surface area (Å²) in [4.78, 5) is 13.3. The molecule has 1 aromatic carbocycles. The fourth-order valence-electron chi connectivity index (χ4n) is 0.987. The third kappa shape index (κ3) is 5.14. The smallest absolute Gasteiger partial charge is 0.234 e. The van der Waals surface area contributed by atoms with Gasteiger partial charge in [-0.2, -0.15) is 0 Å². The van der Waals surface area contributed by atoms with Gasteiger partial charge in [0.25, 0.3) is 0 Å². The fourth-order valence-corrected chi connectivity index (χ4v) is 1.75. The highest BCUT2D eigenvalue weighted by Gasteiger charge is 2.06. The Morgan fingerprint density at radius 3 is 2.53 bits per heavy atom. The molecule has 1 aromatic rings. The van der Waals surface area contributed by atoms with Crippen molar-refractivity contribution in [3.63, 3.8) is 0 Å². The molecule has 0 unspecified atom stereocenters. The molecule has 0 saturated heterocycles. The predicted octanol–water partition coefficient (Wildman–Crippen LogP) is 2.34. The number of halogens is 1. The summed E-state index contributed by atoms with van der Waals surface area (Å²) in [6.45, 7) is 0. The monoisotopic (exact) mass is 272 g/mol. The van der Waals surface area contributed by atoms with Crippen molar-refractivity contribution in [3.8, 4) is 0 Å². The fraction of sp³-hybridized carbons (Fsp3) is 0.273. The number of carbonyl (C=O) groups excluding carboxylic acids is 1. The van der Waals surface area contributed by atoms with Gasteiger partial charge in [0.2, 0.25) is 5.91 Å². The molecule has 3 nitrogen and oxygen atoms in total. The molecule has 0 saturated carbocycles. The number of rotatable bonds is 3. The molecule has 0 aliphatic rings. The van der Waals surface area contributed by atoms with Gasteiger partial charge in [-0.3, -0.25) is 4.79 Å². The number of thioether (sulfide) groups is 1. The summed E-state index contributed by atoms with van der Waals surface area (Å²) >= 11 is 6.32. The summed E-state index contributed by atoms with van der Waals surface area (Å²) in [5.41, 5.74) is 0.577. The van der Waals surface area contributed by atoms with Crippen molar-refractivity contribution in [1.29, 1.82) is 0 Å². The number of carbonyl (C=O) groups is 1. The van der Waals surface area contributed by atoms with Crippen LogP contribution in [0.15, 0.2) is 24.3 Å². The van der Waals surface area contributed by atoms with E-state index in [0.717, 1.165) is 0 Å². The Hall–Kier alpha value is -1.14. The van der Waals surface area contributed by atoms with Crippen molar-refractivity contribution < 1.29 is 9.18 Å². The van der Waals surface area contributed by atoms with E-state index in [4.69, 9.17) is 12.2 Å². The van der Waals surface area contributed by atoms with E-state index in [0.29, 0.717) is 10.0 Å². The Morgan fingerprint density at radius 1 is 1.41 bits per heavy atom. The number of hydrogen-bond donors (Lipinski definition) is 1. The third-order valence-corrected chi connectivity index (χ3v) is 3.56. The number of amides is 1. The van der Waals surface area contributed by atoms with E-state index in [1.165, 1.54) is 36.0 Å². The number of nitrogens with zero attached hydrogens (tertiary/aromatic N) is 1. The number of benzene rings is 1. The Kier molecular flexibility index (Phi) is 5.37. The first kappa shape index (κ1) is 13.9. The second kappa shape index (κ2) is 6.56. The van der Waals surface area contributed by atoms with Gasteiger partial charge in [0.1, 0.15) is 10.1 Å². The van der Waals surface area contributed by atoms with Crippen LogP contribution in [0, 0.1) is 5.82 Å². The minimum atomic E-state index is -0.328. The molecule has 0 aliphatic heterocycles. The molecule has 92 valence electrons. The zero-order valence-corrected chi connectivity index (χ0v) is 11.2. The molecule has 1 N–H and O–H groups in total. The van der Waals surface area contributed by atoms with Gasteiger partial charge < -0.3 is 10.2 Å². The van der Waals surface area contributed by atoms with Gasteiger partial charge in [0.15, 0.2) is 0 Å². The SMILES string of the molecule is CN(C)C(=S)SCC(=O)Nc1ccc(F)cc1. The molecule has 0 atom stereocenters. The van der Waals surface area contributed by atoms with Crippen LogP contribution in [0.25, 0.3) is 0 Å². The van der Waals surface area contributed by atoms with Crippen molar-refractivity contribution in [2.45, 2.75) is 0 Å².